The number of benzene rings is 3. The van der Waals surface area contributed by atoms with Crippen LogP contribution >= 0.6 is 15.9 Å². The highest BCUT2D eigenvalue weighted by atomic mass is 79.9. The van der Waals surface area contributed by atoms with E-state index < -0.39 is 10.0 Å². The molecule has 3 atom stereocenters. The van der Waals surface area contributed by atoms with Crippen LogP contribution in [0.3, 0.4) is 0 Å². The third-order valence-electron chi connectivity index (χ3n) is 6.19. The molecule has 1 aliphatic carbocycles. The molecule has 0 bridgehead atoms. The molecule has 3 aromatic rings. The van der Waals surface area contributed by atoms with Gasteiger partial charge < -0.3 is 5.32 Å². The van der Waals surface area contributed by atoms with E-state index >= 15 is 0 Å². The van der Waals surface area contributed by atoms with Crippen LogP contribution in [0.1, 0.15) is 29.5 Å². The van der Waals surface area contributed by atoms with Crippen molar-refractivity contribution in [2.45, 2.75) is 23.3 Å². The molecule has 2 aliphatic rings. The second-order valence-electron chi connectivity index (χ2n) is 8.16. The van der Waals surface area contributed by atoms with E-state index in [2.05, 4.69) is 38.1 Å². The van der Waals surface area contributed by atoms with E-state index in [1.807, 2.05) is 6.07 Å². The minimum Gasteiger partial charge on any atom is -0.377 e. The zero-order valence-electron chi connectivity index (χ0n) is 17.3. The molecule has 2 N–H and O–H groups in total. The third-order valence-corrected chi connectivity index (χ3v) is 8.06. The van der Waals surface area contributed by atoms with Gasteiger partial charge in [-0.3, -0.25) is 14.8 Å². The topological polar surface area (TPSA) is 101 Å². The van der Waals surface area contributed by atoms with Crippen molar-refractivity contribution in [3.63, 3.8) is 0 Å². The Hall–Kier alpha value is -3.17. The number of rotatable bonds is 5. The molecular formula is C24H20BrN3O4S. The summed E-state index contributed by atoms with van der Waals surface area (Å²) in [5.41, 5.74) is 2.85. The Morgan fingerprint density at radius 2 is 1.85 bits per heavy atom. The molecule has 1 aliphatic heterocycles. The van der Waals surface area contributed by atoms with Crippen molar-refractivity contribution in [2.75, 3.05) is 10.0 Å². The Kier molecular flexibility index (Phi) is 5.46. The molecule has 0 amide bonds. The van der Waals surface area contributed by atoms with Gasteiger partial charge in [0.25, 0.3) is 15.7 Å². The van der Waals surface area contributed by atoms with Crippen LogP contribution in [0.2, 0.25) is 0 Å². The average molecular weight is 526 g/mol. The number of fused-ring (bicyclic) bond motifs is 3. The first-order valence-electron chi connectivity index (χ1n) is 10.4. The lowest BCUT2D eigenvalue weighted by molar-refractivity contribution is -0.385. The Morgan fingerprint density at radius 1 is 1.03 bits per heavy atom. The van der Waals surface area contributed by atoms with E-state index in [0.717, 1.165) is 22.1 Å². The fraction of sp³-hybridized carbons (Fsp3) is 0.167. The van der Waals surface area contributed by atoms with Crippen LogP contribution in [0.5, 0.6) is 0 Å². The van der Waals surface area contributed by atoms with Crippen molar-refractivity contribution in [1.29, 1.82) is 0 Å². The lowest BCUT2D eigenvalue weighted by Gasteiger charge is -2.37. The molecule has 0 fully saturated rings. The molecule has 0 spiro atoms. The van der Waals surface area contributed by atoms with Gasteiger partial charge in [-0.2, -0.15) is 0 Å². The lowest BCUT2D eigenvalue weighted by atomic mass is 9.76. The fourth-order valence-electron chi connectivity index (χ4n) is 4.73. The Labute approximate surface area is 199 Å². The van der Waals surface area contributed by atoms with Crippen LogP contribution in [-0.4, -0.2) is 13.3 Å². The molecule has 5 rings (SSSR count). The number of nitrogens with zero attached hydrogens (tertiary/aromatic N) is 1. The number of nitro benzene ring substituents is 1. The normalized spacial score (nSPS) is 21.1. The van der Waals surface area contributed by atoms with Gasteiger partial charge in [-0.05, 0) is 54.3 Å². The van der Waals surface area contributed by atoms with Crippen LogP contribution < -0.4 is 10.0 Å². The largest absolute Gasteiger partial charge is 0.377 e. The maximum absolute atomic E-state index is 13.1. The predicted octanol–water partition coefficient (Wildman–Crippen LogP) is 5.98. The summed E-state index contributed by atoms with van der Waals surface area (Å²) in [6.07, 6.45) is 4.89. The molecule has 0 saturated heterocycles. The number of halogens is 1. The molecule has 168 valence electrons. The van der Waals surface area contributed by atoms with E-state index in [4.69, 9.17) is 0 Å². The summed E-state index contributed by atoms with van der Waals surface area (Å²) in [7, 11) is -3.79. The second-order valence-corrected chi connectivity index (χ2v) is 10.8. The highest BCUT2D eigenvalue weighted by molar-refractivity contribution is 9.10. The van der Waals surface area contributed by atoms with Gasteiger partial charge in [0.1, 0.15) is 0 Å². The first-order chi connectivity index (χ1) is 15.8. The van der Waals surface area contributed by atoms with Crippen LogP contribution in [0.25, 0.3) is 0 Å². The Morgan fingerprint density at radius 3 is 2.64 bits per heavy atom. The van der Waals surface area contributed by atoms with Gasteiger partial charge in [-0.1, -0.05) is 52.3 Å². The van der Waals surface area contributed by atoms with Gasteiger partial charge in [0.15, 0.2) is 0 Å². The van der Waals surface area contributed by atoms with Gasteiger partial charge in [-0.25, -0.2) is 8.42 Å². The van der Waals surface area contributed by atoms with Gasteiger partial charge >= 0.3 is 0 Å². The molecule has 0 aromatic heterocycles. The van der Waals surface area contributed by atoms with Gasteiger partial charge in [-0.15, -0.1) is 0 Å². The zero-order chi connectivity index (χ0) is 23.2. The first kappa shape index (κ1) is 21.7. The van der Waals surface area contributed by atoms with Crippen molar-refractivity contribution in [3.8, 4) is 0 Å². The smallest absolute Gasteiger partial charge is 0.274 e. The highest BCUT2D eigenvalue weighted by Crippen LogP contribution is 2.51. The van der Waals surface area contributed by atoms with Crippen LogP contribution in [0, 0.1) is 16.0 Å². The number of nitro groups is 1. The maximum atomic E-state index is 13.1. The predicted molar refractivity (Wildman–Crippen MR) is 131 cm³/mol. The number of sulfonamides is 1. The zero-order valence-corrected chi connectivity index (χ0v) is 19.7. The third kappa shape index (κ3) is 4.02. The van der Waals surface area contributed by atoms with Gasteiger partial charge in [0.05, 0.1) is 21.4 Å². The Bertz CT molecular complexity index is 1390. The van der Waals surface area contributed by atoms with Crippen molar-refractivity contribution in [3.05, 3.63) is 105 Å². The molecule has 7 nitrogen and oxygen atoms in total. The molecule has 9 heteroatoms. The van der Waals surface area contributed by atoms with Crippen LogP contribution in [0.15, 0.2) is 88.3 Å². The van der Waals surface area contributed by atoms with Gasteiger partial charge in [0.2, 0.25) is 0 Å². The van der Waals surface area contributed by atoms with E-state index in [1.54, 1.807) is 54.6 Å². The van der Waals surface area contributed by atoms with E-state index in [9.17, 15) is 18.5 Å². The van der Waals surface area contributed by atoms with Crippen molar-refractivity contribution in [2.24, 2.45) is 5.92 Å². The number of hydrogen-bond donors (Lipinski definition) is 2. The number of anilines is 2. The maximum Gasteiger partial charge on any atom is 0.274 e. The minimum atomic E-state index is -3.79. The summed E-state index contributed by atoms with van der Waals surface area (Å²) in [6.45, 7) is 0. The van der Waals surface area contributed by atoms with E-state index in [0.29, 0.717) is 11.3 Å². The summed E-state index contributed by atoms with van der Waals surface area (Å²) < 4.78 is 29.5. The second kappa shape index (κ2) is 8.31. The fourth-order valence-corrected chi connectivity index (χ4v) is 6.21. The summed E-state index contributed by atoms with van der Waals surface area (Å²) in [6, 6.07) is 18.5. The molecule has 0 unspecified atom stereocenters. The first-order valence-corrected chi connectivity index (χ1v) is 12.7. The molecule has 3 aromatic carbocycles. The number of allylic oxidation sites excluding steroid dienone is 2. The van der Waals surface area contributed by atoms with Crippen molar-refractivity contribution in [1.82, 2.24) is 0 Å². The SMILES string of the molecule is O=[N+]([O-])c1ccccc1[C@H]1Nc2ccc(S(=O)(=O)Nc3cccc(Br)c3)cc2[C@H]2C=CC[C@H]21. The number of nitrogens with one attached hydrogen (secondary N) is 2. The molecule has 0 radical (unpaired) electrons. The summed E-state index contributed by atoms with van der Waals surface area (Å²) in [5, 5.41) is 15.1. The van der Waals surface area contributed by atoms with E-state index in [-0.39, 0.29) is 33.4 Å². The standard InChI is InChI=1S/C24H20BrN3O4S/c25-15-5-3-6-16(13-15)27-33(31,32)17-11-12-22-21(14-17)18-8-4-9-19(18)24(26-22)20-7-1-2-10-23(20)28(29)30/h1-8,10-14,18-19,24,26-27H,9H2/t18-,19+,24-/m0/s1. The molecule has 1 heterocycles. The summed E-state index contributed by atoms with van der Waals surface area (Å²) in [5.74, 6) is 0.0154. The quantitative estimate of drug-likeness (QED) is 0.242. The Balaban J connectivity index is 1.51. The monoisotopic (exact) mass is 525 g/mol. The van der Waals surface area contributed by atoms with Crippen molar-refractivity contribution < 1.29 is 13.3 Å². The van der Waals surface area contributed by atoms with Crippen LogP contribution in [-0.2, 0) is 10.0 Å². The highest BCUT2D eigenvalue weighted by Gasteiger charge is 2.40. The molecular weight excluding hydrogens is 506 g/mol. The van der Waals surface area contributed by atoms with Crippen molar-refractivity contribution >= 4 is 43.0 Å². The number of para-hydroxylation sites is 1. The minimum absolute atomic E-state index is 0.0351. The lowest BCUT2D eigenvalue weighted by Crippen LogP contribution is -2.30. The van der Waals surface area contributed by atoms with Crippen LogP contribution in [0.4, 0.5) is 17.1 Å². The summed E-state index contributed by atoms with van der Waals surface area (Å²) in [4.78, 5) is 11.4. The van der Waals surface area contributed by atoms with Gasteiger partial charge in [0, 0.05) is 27.8 Å². The van der Waals surface area contributed by atoms with E-state index in [1.165, 1.54) is 6.07 Å². The molecule has 0 saturated carbocycles. The summed E-state index contributed by atoms with van der Waals surface area (Å²) >= 11 is 3.35. The molecule has 33 heavy (non-hydrogen) atoms. The number of hydrogen-bond acceptors (Lipinski definition) is 5. The average Bonchev–Trinajstić information content (AvgIpc) is 3.28.